The Morgan fingerprint density at radius 2 is 1.87 bits per heavy atom. The topological polar surface area (TPSA) is 42.9 Å². The Labute approximate surface area is 142 Å². The molecular formula is C18H37N5. The fourth-order valence-corrected chi connectivity index (χ4v) is 3.82. The Morgan fingerprint density at radius 3 is 2.61 bits per heavy atom. The van der Waals surface area contributed by atoms with Crippen molar-refractivity contribution < 1.29 is 0 Å². The fraction of sp³-hybridized carbons (Fsp3) is 0.944. The van der Waals surface area contributed by atoms with E-state index in [0.29, 0.717) is 6.04 Å². The second-order valence-corrected chi connectivity index (χ2v) is 7.42. The van der Waals surface area contributed by atoms with Gasteiger partial charge in [-0.3, -0.25) is 9.89 Å². The largest absolute Gasteiger partial charge is 0.356 e. The number of piperazine rings is 1. The van der Waals surface area contributed by atoms with Gasteiger partial charge in [-0.2, -0.15) is 0 Å². The van der Waals surface area contributed by atoms with Gasteiger partial charge in [-0.15, -0.1) is 0 Å². The minimum atomic E-state index is 0.565. The van der Waals surface area contributed by atoms with Crippen LogP contribution in [0.5, 0.6) is 0 Å². The summed E-state index contributed by atoms with van der Waals surface area (Å²) < 4.78 is 0. The van der Waals surface area contributed by atoms with Crippen LogP contribution in [-0.4, -0.2) is 75.7 Å². The number of rotatable bonds is 7. The molecule has 5 nitrogen and oxygen atoms in total. The summed E-state index contributed by atoms with van der Waals surface area (Å²) in [6.45, 7) is 5.44. The molecule has 0 aromatic carbocycles. The van der Waals surface area contributed by atoms with Gasteiger partial charge in [0.05, 0.1) is 0 Å². The molecule has 1 heterocycles. The molecule has 5 heteroatoms. The third-order valence-electron chi connectivity index (χ3n) is 5.52. The van der Waals surface area contributed by atoms with Gasteiger partial charge < -0.3 is 15.5 Å². The molecule has 1 saturated heterocycles. The number of hydrogen-bond donors (Lipinski definition) is 2. The summed E-state index contributed by atoms with van der Waals surface area (Å²) in [5, 5.41) is 6.96. The predicted octanol–water partition coefficient (Wildman–Crippen LogP) is 1.76. The molecule has 1 atom stereocenters. The molecule has 0 amide bonds. The fourth-order valence-electron chi connectivity index (χ4n) is 3.82. The first-order chi connectivity index (χ1) is 11.2. The highest BCUT2D eigenvalue weighted by Crippen LogP contribution is 2.28. The van der Waals surface area contributed by atoms with Gasteiger partial charge in [-0.1, -0.05) is 38.5 Å². The standard InChI is InChI=1S/C18H37N5/c1-19-18(20-11-7-6-10-16-8-4-5-9-16)21-14-17-15-22(2)12-13-23(17)3/h16-17H,4-15H2,1-3H3,(H2,19,20,21)/t17-/m0/s1. The van der Waals surface area contributed by atoms with Crippen LogP contribution in [0, 0.1) is 5.92 Å². The summed E-state index contributed by atoms with van der Waals surface area (Å²) in [5.74, 6) is 1.97. The number of nitrogens with one attached hydrogen (secondary N) is 2. The van der Waals surface area contributed by atoms with Crippen LogP contribution < -0.4 is 10.6 Å². The van der Waals surface area contributed by atoms with E-state index in [-0.39, 0.29) is 0 Å². The average Bonchev–Trinajstić information content (AvgIpc) is 3.06. The normalized spacial score (nSPS) is 25.0. The third kappa shape index (κ3) is 6.68. The molecule has 0 aromatic rings. The first-order valence-corrected chi connectivity index (χ1v) is 9.52. The Bertz CT molecular complexity index is 351. The van der Waals surface area contributed by atoms with Gasteiger partial charge in [0.1, 0.15) is 0 Å². The van der Waals surface area contributed by atoms with Crippen LogP contribution in [0.4, 0.5) is 0 Å². The molecule has 0 aromatic heterocycles. The highest BCUT2D eigenvalue weighted by molar-refractivity contribution is 5.79. The van der Waals surface area contributed by atoms with Gasteiger partial charge >= 0.3 is 0 Å². The lowest BCUT2D eigenvalue weighted by Gasteiger charge is -2.37. The lowest BCUT2D eigenvalue weighted by atomic mass is 10.0. The minimum Gasteiger partial charge on any atom is -0.356 e. The van der Waals surface area contributed by atoms with E-state index in [9.17, 15) is 0 Å². The van der Waals surface area contributed by atoms with Crippen LogP contribution in [-0.2, 0) is 0 Å². The van der Waals surface area contributed by atoms with E-state index >= 15 is 0 Å². The van der Waals surface area contributed by atoms with Crippen molar-refractivity contribution in [2.45, 2.75) is 51.0 Å². The number of likely N-dealkylation sites (N-methyl/N-ethyl adjacent to an activating group) is 2. The highest BCUT2D eigenvalue weighted by atomic mass is 15.3. The maximum absolute atomic E-state index is 4.35. The van der Waals surface area contributed by atoms with Crippen LogP contribution in [0.25, 0.3) is 0 Å². The first kappa shape index (κ1) is 18.5. The van der Waals surface area contributed by atoms with E-state index < -0.39 is 0 Å². The van der Waals surface area contributed by atoms with Crippen LogP contribution in [0.2, 0.25) is 0 Å². The van der Waals surface area contributed by atoms with Gasteiger partial charge in [0, 0.05) is 45.8 Å². The number of unbranched alkanes of at least 4 members (excludes halogenated alkanes) is 1. The smallest absolute Gasteiger partial charge is 0.191 e. The molecule has 2 aliphatic rings. The van der Waals surface area contributed by atoms with Gasteiger partial charge in [0.15, 0.2) is 5.96 Å². The molecule has 2 N–H and O–H groups in total. The minimum absolute atomic E-state index is 0.565. The monoisotopic (exact) mass is 323 g/mol. The first-order valence-electron chi connectivity index (χ1n) is 9.52. The Hall–Kier alpha value is -0.810. The van der Waals surface area contributed by atoms with Gasteiger partial charge in [0.25, 0.3) is 0 Å². The molecule has 0 unspecified atom stereocenters. The average molecular weight is 324 g/mol. The van der Waals surface area contributed by atoms with Crippen molar-refractivity contribution in [1.29, 1.82) is 0 Å². The zero-order chi connectivity index (χ0) is 16.5. The summed E-state index contributed by atoms with van der Waals surface area (Å²) in [7, 11) is 6.29. The Morgan fingerprint density at radius 1 is 1.09 bits per heavy atom. The third-order valence-corrected chi connectivity index (χ3v) is 5.52. The number of hydrogen-bond acceptors (Lipinski definition) is 3. The van der Waals surface area contributed by atoms with Crippen molar-refractivity contribution in [3.05, 3.63) is 0 Å². The van der Waals surface area contributed by atoms with Crippen LogP contribution >= 0.6 is 0 Å². The van der Waals surface area contributed by atoms with Crippen LogP contribution in [0.3, 0.4) is 0 Å². The van der Waals surface area contributed by atoms with Gasteiger partial charge in [-0.05, 0) is 26.4 Å². The predicted molar refractivity (Wildman–Crippen MR) is 99.1 cm³/mol. The second kappa shape index (κ2) is 10.1. The van der Waals surface area contributed by atoms with Crippen molar-refractivity contribution in [2.24, 2.45) is 10.9 Å². The molecule has 0 spiro atoms. The number of aliphatic imine (C=N–C) groups is 1. The van der Waals surface area contributed by atoms with E-state index in [0.717, 1.165) is 38.1 Å². The van der Waals surface area contributed by atoms with Crippen molar-refractivity contribution in [3.8, 4) is 0 Å². The van der Waals surface area contributed by atoms with Crippen LogP contribution in [0.15, 0.2) is 4.99 Å². The summed E-state index contributed by atoms with van der Waals surface area (Å²) in [5.41, 5.74) is 0. The molecule has 1 aliphatic heterocycles. The number of guanidine groups is 1. The van der Waals surface area contributed by atoms with Crippen molar-refractivity contribution >= 4 is 5.96 Å². The molecule has 23 heavy (non-hydrogen) atoms. The van der Waals surface area contributed by atoms with Crippen LogP contribution in [0.1, 0.15) is 44.9 Å². The summed E-state index contributed by atoms with van der Waals surface area (Å²) in [4.78, 5) is 9.21. The molecule has 134 valence electrons. The second-order valence-electron chi connectivity index (χ2n) is 7.42. The lowest BCUT2D eigenvalue weighted by Crippen LogP contribution is -2.55. The zero-order valence-electron chi connectivity index (χ0n) is 15.5. The van der Waals surface area contributed by atoms with Crippen molar-refractivity contribution in [3.63, 3.8) is 0 Å². The van der Waals surface area contributed by atoms with E-state index in [2.05, 4.69) is 39.5 Å². The van der Waals surface area contributed by atoms with E-state index in [4.69, 9.17) is 0 Å². The molecule has 1 aliphatic carbocycles. The Balaban J connectivity index is 1.55. The highest BCUT2D eigenvalue weighted by Gasteiger charge is 2.22. The lowest BCUT2D eigenvalue weighted by molar-refractivity contribution is 0.116. The summed E-state index contributed by atoms with van der Waals surface area (Å²) in [6, 6.07) is 0.565. The SMILES string of the molecule is CN=C(NCCCCC1CCCC1)NC[C@H]1CN(C)CCN1C. The summed E-state index contributed by atoms with van der Waals surface area (Å²) >= 11 is 0. The zero-order valence-corrected chi connectivity index (χ0v) is 15.5. The maximum atomic E-state index is 4.35. The molecular weight excluding hydrogens is 286 g/mol. The van der Waals surface area contributed by atoms with E-state index in [1.165, 1.54) is 51.5 Å². The van der Waals surface area contributed by atoms with Gasteiger partial charge in [0.2, 0.25) is 0 Å². The Kier molecular flexibility index (Phi) is 8.17. The maximum Gasteiger partial charge on any atom is 0.191 e. The molecule has 1 saturated carbocycles. The summed E-state index contributed by atoms with van der Waals surface area (Å²) in [6.07, 6.45) is 9.90. The van der Waals surface area contributed by atoms with Crippen molar-refractivity contribution in [1.82, 2.24) is 20.4 Å². The molecule has 2 fully saturated rings. The molecule has 2 rings (SSSR count). The van der Waals surface area contributed by atoms with E-state index in [1.807, 2.05) is 7.05 Å². The molecule has 0 bridgehead atoms. The quantitative estimate of drug-likeness (QED) is 0.426. The van der Waals surface area contributed by atoms with Crippen molar-refractivity contribution in [2.75, 3.05) is 53.9 Å². The van der Waals surface area contributed by atoms with Gasteiger partial charge in [-0.25, -0.2) is 0 Å². The molecule has 0 radical (unpaired) electrons. The van der Waals surface area contributed by atoms with E-state index in [1.54, 1.807) is 0 Å². The number of nitrogens with zero attached hydrogens (tertiary/aromatic N) is 3.